The molecule has 0 aliphatic carbocycles. The topological polar surface area (TPSA) is 35.5 Å². The molecule has 0 amide bonds. The molecule has 0 radical (unpaired) electrons. The predicted octanol–water partition coefficient (Wildman–Crippen LogP) is 2.21. The molecule has 0 aliphatic heterocycles. The summed E-state index contributed by atoms with van der Waals surface area (Å²) < 4.78 is 21.8. The molecule has 0 saturated carbocycles. The second-order valence-corrected chi connectivity index (χ2v) is 8.63. The first-order valence-corrected chi connectivity index (χ1v) is 9.19. The minimum atomic E-state index is -3.09. The summed E-state index contributed by atoms with van der Waals surface area (Å²) in [5.74, 6) is 1.17. The predicted molar refractivity (Wildman–Crippen MR) is 51.8 cm³/mol. The van der Waals surface area contributed by atoms with Gasteiger partial charge in [0.05, 0.1) is 0 Å². The van der Waals surface area contributed by atoms with Crippen LogP contribution in [0, 0.1) is 0 Å². The van der Waals surface area contributed by atoms with E-state index in [1.807, 2.05) is 12.1 Å². The van der Waals surface area contributed by atoms with Crippen LogP contribution in [0.25, 0.3) is 0 Å². The Morgan fingerprint density at radius 1 is 1.15 bits per heavy atom. The number of rotatable bonds is 3. The van der Waals surface area contributed by atoms with Crippen molar-refractivity contribution in [3.8, 4) is 11.5 Å². The van der Waals surface area contributed by atoms with Crippen LogP contribution < -0.4 is 8.46 Å². The maximum absolute atomic E-state index is 11.4. The van der Waals surface area contributed by atoms with Crippen LogP contribution in [0.5, 0.6) is 11.5 Å². The van der Waals surface area contributed by atoms with Crippen LogP contribution in [0.15, 0.2) is 24.3 Å². The van der Waals surface area contributed by atoms with Crippen molar-refractivity contribution in [3.63, 3.8) is 0 Å². The van der Waals surface area contributed by atoms with Crippen LogP contribution >= 0.6 is 0 Å². The van der Waals surface area contributed by atoms with Gasteiger partial charge < -0.3 is 0 Å². The van der Waals surface area contributed by atoms with Gasteiger partial charge in [0.2, 0.25) is 0 Å². The fourth-order valence-corrected chi connectivity index (χ4v) is 2.24. The third-order valence-corrected chi connectivity index (χ3v) is 2.72. The van der Waals surface area contributed by atoms with Crippen LogP contribution in [0.2, 0.25) is 11.4 Å². The third-order valence-electron chi connectivity index (χ3n) is 1.39. The molecular formula is C9H13AsO3. The van der Waals surface area contributed by atoms with Gasteiger partial charge in [-0.3, -0.25) is 0 Å². The van der Waals surface area contributed by atoms with E-state index in [0.717, 1.165) is 0 Å². The van der Waals surface area contributed by atoms with Crippen LogP contribution in [0.1, 0.15) is 0 Å². The minimum absolute atomic E-state index is 0.553. The third kappa shape index (κ3) is 3.19. The van der Waals surface area contributed by atoms with Gasteiger partial charge in [-0.25, -0.2) is 0 Å². The Morgan fingerprint density at radius 3 is 2.15 bits per heavy atom. The Hall–Kier alpha value is -0.822. The van der Waals surface area contributed by atoms with E-state index in [0.29, 0.717) is 11.5 Å². The fourth-order valence-electron chi connectivity index (χ4n) is 0.931. The summed E-state index contributed by atoms with van der Waals surface area (Å²) in [6.07, 6.45) is 0. The summed E-state index contributed by atoms with van der Waals surface area (Å²) in [6, 6.07) is 7.19. The van der Waals surface area contributed by atoms with E-state index in [1.165, 1.54) is 0 Å². The van der Waals surface area contributed by atoms with E-state index < -0.39 is 13.8 Å². The summed E-state index contributed by atoms with van der Waals surface area (Å²) in [4.78, 5) is 0. The fraction of sp³-hybridized carbons (Fsp3) is 0.333. The van der Waals surface area contributed by atoms with Gasteiger partial charge in [-0.15, -0.1) is 0 Å². The number of benzene rings is 1. The van der Waals surface area contributed by atoms with Gasteiger partial charge in [0.25, 0.3) is 0 Å². The van der Waals surface area contributed by atoms with E-state index in [1.54, 1.807) is 30.7 Å². The van der Waals surface area contributed by atoms with E-state index >= 15 is 0 Å². The van der Waals surface area contributed by atoms with Crippen molar-refractivity contribution in [1.29, 1.82) is 0 Å². The number of hydrogen-bond donors (Lipinski definition) is 0. The summed E-state index contributed by atoms with van der Waals surface area (Å²) >= 11 is -3.09. The zero-order chi connectivity index (χ0) is 9.90. The van der Waals surface area contributed by atoms with Crippen LogP contribution in [-0.4, -0.2) is 20.9 Å². The van der Waals surface area contributed by atoms with Crippen LogP contribution in [0.4, 0.5) is 0 Å². The number of methoxy groups -OCH3 is 1. The Bertz CT molecular complexity index is 329. The molecule has 0 unspecified atom stereocenters. The SMILES string of the molecule is COc1ccccc1O[As](C)(C)=O. The number of ether oxygens (including phenoxy) is 1. The van der Waals surface area contributed by atoms with Gasteiger partial charge in [0.1, 0.15) is 0 Å². The summed E-state index contributed by atoms with van der Waals surface area (Å²) in [6.45, 7) is 0. The Morgan fingerprint density at radius 2 is 1.69 bits per heavy atom. The number of para-hydroxylation sites is 2. The van der Waals surface area contributed by atoms with Crippen molar-refractivity contribution in [2.45, 2.75) is 11.4 Å². The average Bonchev–Trinajstić information content (AvgIpc) is 2.02. The van der Waals surface area contributed by atoms with Crippen molar-refractivity contribution < 1.29 is 12.2 Å². The Kier molecular flexibility index (Phi) is 3.10. The van der Waals surface area contributed by atoms with Crippen LogP contribution in [-0.2, 0) is 3.74 Å². The molecule has 3 nitrogen and oxygen atoms in total. The van der Waals surface area contributed by atoms with Gasteiger partial charge in [0, 0.05) is 0 Å². The molecule has 0 bridgehead atoms. The molecule has 0 aliphatic rings. The van der Waals surface area contributed by atoms with Crippen molar-refractivity contribution in [2.24, 2.45) is 0 Å². The van der Waals surface area contributed by atoms with Crippen molar-refractivity contribution in [1.82, 2.24) is 0 Å². The molecule has 4 heteroatoms. The molecule has 1 aromatic carbocycles. The molecule has 0 N–H and O–H groups in total. The van der Waals surface area contributed by atoms with Crippen LogP contribution in [0.3, 0.4) is 0 Å². The summed E-state index contributed by atoms with van der Waals surface area (Å²) in [5, 5.41) is 0. The quantitative estimate of drug-likeness (QED) is 0.764. The van der Waals surface area contributed by atoms with Crippen molar-refractivity contribution >= 4 is 13.8 Å². The zero-order valence-electron chi connectivity index (χ0n) is 7.98. The van der Waals surface area contributed by atoms with Gasteiger partial charge in [-0.05, 0) is 0 Å². The van der Waals surface area contributed by atoms with E-state index in [2.05, 4.69) is 0 Å². The van der Waals surface area contributed by atoms with Gasteiger partial charge in [-0.1, -0.05) is 0 Å². The molecule has 1 rings (SSSR count). The molecule has 0 fully saturated rings. The molecule has 13 heavy (non-hydrogen) atoms. The van der Waals surface area contributed by atoms with Gasteiger partial charge in [0.15, 0.2) is 0 Å². The second kappa shape index (κ2) is 3.92. The first kappa shape index (κ1) is 10.3. The van der Waals surface area contributed by atoms with Crippen molar-refractivity contribution in [2.75, 3.05) is 7.11 Å². The zero-order valence-corrected chi connectivity index (χ0v) is 9.86. The van der Waals surface area contributed by atoms with Gasteiger partial charge >= 0.3 is 80.3 Å². The molecule has 0 spiro atoms. The first-order valence-electron chi connectivity index (χ1n) is 3.90. The van der Waals surface area contributed by atoms with E-state index in [4.69, 9.17) is 8.46 Å². The Labute approximate surface area is 80.7 Å². The standard InChI is InChI=1S/C9H13AsO3/c1-10(2,11)13-9-7-5-4-6-8(9)12-3/h4-7H,1-3H3. The molecular weight excluding hydrogens is 231 g/mol. The molecule has 72 valence electrons. The Balaban J connectivity index is 2.94. The summed E-state index contributed by atoms with van der Waals surface area (Å²) in [5.41, 5.74) is 3.26. The molecule has 0 saturated heterocycles. The molecule has 0 atom stereocenters. The van der Waals surface area contributed by atoms with Gasteiger partial charge in [-0.2, -0.15) is 0 Å². The average molecular weight is 244 g/mol. The first-order chi connectivity index (χ1) is 6.03. The van der Waals surface area contributed by atoms with Crippen molar-refractivity contribution in [3.05, 3.63) is 24.3 Å². The maximum atomic E-state index is 11.4. The number of hydrogen-bond acceptors (Lipinski definition) is 3. The van der Waals surface area contributed by atoms with E-state index in [9.17, 15) is 3.74 Å². The normalized spacial score (nSPS) is 11.0. The summed E-state index contributed by atoms with van der Waals surface area (Å²) in [7, 11) is 1.56. The molecule has 0 heterocycles. The molecule has 0 aromatic heterocycles. The molecule has 1 aromatic rings. The monoisotopic (exact) mass is 244 g/mol. The second-order valence-electron chi connectivity index (χ2n) is 2.99. The van der Waals surface area contributed by atoms with E-state index in [-0.39, 0.29) is 0 Å².